The van der Waals surface area contributed by atoms with Gasteiger partial charge in [0, 0.05) is 19.5 Å². The molecule has 2 heterocycles. The summed E-state index contributed by atoms with van der Waals surface area (Å²) < 4.78 is 0. The first kappa shape index (κ1) is 12.9. The third-order valence-corrected chi connectivity index (χ3v) is 5.17. The molecular formula is C14H23N3O2. The fourth-order valence-corrected chi connectivity index (χ4v) is 3.84. The molecule has 0 aromatic rings. The second-order valence-corrected chi connectivity index (χ2v) is 6.17. The van der Waals surface area contributed by atoms with Crippen molar-refractivity contribution in [1.82, 2.24) is 15.5 Å². The topological polar surface area (TPSA) is 61.4 Å². The molecule has 3 aliphatic rings. The predicted molar refractivity (Wildman–Crippen MR) is 71.4 cm³/mol. The van der Waals surface area contributed by atoms with Gasteiger partial charge in [-0.25, -0.2) is 0 Å². The Balaban J connectivity index is 1.66. The Labute approximate surface area is 114 Å². The molecule has 19 heavy (non-hydrogen) atoms. The number of nitrogens with one attached hydrogen (secondary N) is 2. The first-order valence-electron chi connectivity index (χ1n) is 7.41. The third kappa shape index (κ3) is 2.14. The van der Waals surface area contributed by atoms with Gasteiger partial charge in [-0.3, -0.25) is 9.59 Å². The van der Waals surface area contributed by atoms with E-state index in [9.17, 15) is 9.59 Å². The molecule has 0 bridgehead atoms. The number of nitrogens with zero attached hydrogens (tertiary/aromatic N) is 1. The Bertz CT molecular complexity index is 390. The fraction of sp³-hybridized carbons (Fsp3) is 0.857. The molecule has 0 aromatic carbocycles. The van der Waals surface area contributed by atoms with E-state index in [0.29, 0.717) is 0 Å². The van der Waals surface area contributed by atoms with Crippen LogP contribution in [-0.4, -0.2) is 49.4 Å². The fourth-order valence-electron chi connectivity index (χ4n) is 3.84. The predicted octanol–water partition coefficient (Wildman–Crippen LogP) is 0.113. The molecule has 5 heteroatoms. The lowest BCUT2D eigenvalue weighted by Crippen LogP contribution is -2.46. The Hall–Kier alpha value is -1.10. The van der Waals surface area contributed by atoms with Crippen molar-refractivity contribution >= 4 is 11.8 Å². The lowest BCUT2D eigenvalue weighted by atomic mass is 9.91. The van der Waals surface area contributed by atoms with Gasteiger partial charge in [0.25, 0.3) is 0 Å². The van der Waals surface area contributed by atoms with Gasteiger partial charge in [0.1, 0.15) is 6.04 Å². The summed E-state index contributed by atoms with van der Waals surface area (Å²) in [4.78, 5) is 26.3. The Kier molecular flexibility index (Phi) is 3.25. The normalized spacial score (nSPS) is 32.4. The summed E-state index contributed by atoms with van der Waals surface area (Å²) in [6.07, 6.45) is 5.02. The lowest BCUT2D eigenvalue weighted by Gasteiger charge is -2.27. The van der Waals surface area contributed by atoms with E-state index < -0.39 is 0 Å². The maximum Gasteiger partial charge on any atom is 0.242 e. The molecule has 1 saturated carbocycles. The maximum atomic E-state index is 12.6. The lowest BCUT2D eigenvalue weighted by molar-refractivity contribution is -0.140. The zero-order valence-corrected chi connectivity index (χ0v) is 11.6. The van der Waals surface area contributed by atoms with Gasteiger partial charge in [-0.05, 0) is 50.6 Å². The quantitative estimate of drug-likeness (QED) is 0.745. The average Bonchev–Trinajstić information content (AvgIpc) is 2.91. The number of hydrogen-bond donors (Lipinski definition) is 2. The maximum absolute atomic E-state index is 12.6. The monoisotopic (exact) mass is 265 g/mol. The molecule has 3 rings (SSSR count). The SMILES string of the molecule is CNC(=O)C1CCCN1C(=O)C1CC12CCNCC2. The van der Waals surface area contributed by atoms with Crippen molar-refractivity contribution in [2.24, 2.45) is 11.3 Å². The van der Waals surface area contributed by atoms with Gasteiger partial charge in [0.05, 0.1) is 0 Å². The standard InChI is InChI=1S/C14H23N3O2/c1-15-12(18)11-3-2-8-17(11)13(19)10-9-14(10)4-6-16-7-5-14/h10-11,16H,2-9H2,1H3,(H,15,18). The summed E-state index contributed by atoms with van der Waals surface area (Å²) in [5, 5.41) is 6.04. The average molecular weight is 265 g/mol. The van der Waals surface area contributed by atoms with Crippen LogP contribution in [0.3, 0.4) is 0 Å². The molecular weight excluding hydrogens is 242 g/mol. The molecule has 0 aromatic heterocycles. The van der Waals surface area contributed by atoms with Crippen LogP contribution in [0.1, 0.15) is 32.1 Å². The second-order valence-electron chi connectivity index (χ2n) is 6.17. The zero-order chi connectivity index (χ0) is 13.5. The van der Waals surface area contributed by atoms with Gasteiger partial charge in [-0.2, -0.15) is 0 Å². The second kappa shape index (κ2) is 4.78. The van der Waals surface area contributed by atoms with Crippen molar-refractivity contribution < 1.29 is 9.59 Å². The number of likely N-dealkylation sites (tertiary alicyclic amines) is 1. The summed E-state index contributed by atoms with van der Waals surface area (Å²) in [6.45, 7) is 2.81. The van der Waals surface area contributed by atoms with Gasteiger partial charge in [0.15, 0.2) is 0 Å². The van der Waals surface area contributed by atoms with E-state index in [4.69, 9.17) is 0 Å². The van der Waals surface area contributed by atoms with Gasteiger partial charge in [-0.15, -0.1) is 0 Å². The summed E-state index contributed by atoms with van der Waals surface area (Å²) in [5.41, 5.74) is 0.262. The van der Waals surface area contributed by atoms with Crippen LogP contribution >= 0.6 is 0 Å². The number of hydrogen-bond acceptors (Lipinski definition) is 3. The number of carbonyl (C=O) groups is 2. The minimum Gasteiger partial charge on any atom is -0.357 e. The van der Waals surface area contributed by atoms with Gasteiger partial charge >= 0.3 is 0 Å². The number of carbonyl (C=O) groups excluding carboxylic acids is 2. The minimum absolute atomic E-state index is 0.00846. The van der Waals surface area contributed by atoms with Crippen molar-refractivity contribution in [2.75, 3.05) is 26.7 Å². The highest BCUT2D eigenvalue weighted by Gasteiger charge is 2.59. The zero-order valence-electron chi connectivity index (χ0n) is 11.6. The van der Waals surface area contributed by atoms with Gasteiger partial charge in [0.2, 0.25) is 11.8 Å². The molecule has 1 aliphatic carbocycles. The largest absolute Gasteiger partial charge is 0.357 e. The van der Waals surface area contributed by atoms with Crippen molar-refractivity contribution in [3.05, 3.63) is 0 Å². The van der Waals surface area contributed by atoms with E-state index in [-0.39, 0.29) is 29.2 Å². The molecule has 2 aliphatic heterocycles. The molecule has 0 radical (unpaired) electrons. The van der Waals surface area contributed by atoms with Crippen LogP contribution < -0.4 is 10.6 Å². The van der Waals surface area contributed by atoms with Crippen LogP contribution in [0, 0.1) is 11.3 Å². The third-order valence-electron chi connectivity index (χ3n) is 5.17. The molecule has 2 saturated heterocycles. The van der Waals surface area contributed by atoms with E-state index in [1.54, 1.807) is 7.05 Å². The highest BCUT2D eigenvalue weighted by atomic mass is 16.2. The first-order chi connectivity index (χ1) is 9.18. The first-order valence-corrected chi connectivity index (χ1v) is 7.41. The smallest absolute Gasteiger partial charge is 0.242 e. The number of piperidine rings is 1. The molecule has 1 spiro atoms. The van der Waals surface area contributed by atoms with Crippen LogP contribution in [0.4, 0.5) is 0 Å². The van der Waals surface area contributed by atoms with E-state index in [1.165, 1.54) is 0 Å². The van der Waals surface area contributed by atoms with E-state index in [0.717, 1.165) is 51.7 Å². The highest BCUT2D eigenvalue weighted by molar-refractivity contribution is 5.90. The van der Waals surface area contributed by atoms with Crippen molar-refractivity contribution in [2.45, 2.75) is 38.1 Å². The molecule has 3 fully saturated rings. The van der Waals surface area contributed by atoms with Crippen LogP contribution in [0.2, 0.25) is 0 Å². The summed E-state index contributed by atoms with van der Waals surface area (Å²) in [7, 11) is 1.65. The molecule has 2 unspecified atom stereocenters. The van der Waals surface area contributed by atoms with Crippen molar-refractivity contribution in [3.63, 3.8) is 0 Å². The molecule has 106 valence electrons. The van der Waals surface area contributed by atoms with Crippen molar-refractivity contribution in [3.8, 4) is 0 Å². The number of rotatable bonds is 2. The summed E-state index contributed by atoms with van der Waals surface area (Å²) in [5.74, 6) is 0.402. The molecule has 2 atom stereocenters. The van der Waals surface area contributed by atoms with Crippen LogP contribution in [0.5, 0.6) is 0 Å². The van der Waals surface area contributed by atoms with Crippen LogP contribution in [0.25, 0.3) is 0 Å². The Morgan fingerprint density at radius 3 is 2.74 bits per heavy atom. The van der Waals surface area contributed by atoms with Gasteiger partial charge < -0.3 is 15.5 Å². The van der Waals surface area contributed by atoms with Crippen molar-refractivity contribution in [1.29, 1.82) is 0 Å². The van der Waals surface area contributed by atoms with Gasteiger partial charge in [-0.1, -0.05) is 0 Å². The van der Waals surface area contributed by atoms with E-state index in [1.807, 2.05) is 4.90 Å². The molecule has 2 N–H and O–H groups in total. The van der Waals surface area contributed by atoms with E-state index in [2.05, 4.69) is 10.6 Å². The van der Waals surface area contributed by atoms with E-state index >= 15 is 0 Å². The Morgan fingerprint density at radius 2 is 2.05 bits per heavy atom. The molecule has 2 amide bonds. The summed E-state index contributed by atoms with van der Waals surface area (Å²) in [6, 6.07) is -0.225. The number of likely N-dealkylation sites (N-methyl/N-ethyl adjacent to an activating group) is 1. The summed E-state index contributed by atoms with van der Waals surface area (Å²) >= 11 is 0. The number of amides is 2. The highest BCUT2D eigenvalue weighted by Crippen LogP contribution is 2.59. The van der Waals surface area contributed by atoms with Crippen LogP contribution in [-0.2, 0) is 9.59 Å². The minimum atomic E-state index is -0.225. The Morgan fingerprint density at radius 1 is 1.32 bits per heavy atom. The van der Waals surface area contributed by atoms with Crippen LogP contribution in [0.15, 0.2) is 0 Å². The molecule has 5 nitrogen and oxygen atoms in total.